The van der Waals surface area contributed by atoms with E-state index in [1.165, 1.54) is 0 Å². The Kier molecular flexibility index (Phi) is 6.52. The van der Waals surface area contributed by atoms with Gasteiger partial charge in [-0.2, -0.15) is 0 Å². The predicted molar refractivity (Wildman–Crippen MR) is 115 cm³/mol. The van der Waals surface area contributed by atoms with Crippen LogP contribution >= 0.6 is 11.6 Å². The molecule has 2 heterocycles. The Bertz CT molecular complexity index is 986. The van der Waals surface area contributed by atoms with E-state index in [9.17, 15) is 0 Å². The van der Waals surface area contributed by atoms with Gasteiger partial charge in [0.15, 0.2) is 0 Å². The molecule has 158 valence electrons. The summed E-state index contributed by atoms with van der Waals surface area (Å²) in [5, 5.41) is 8.96. The fraction of sp³-hybridized carbons (Fsp3) is 0.364. The fourth-order valence-electron chi connectivity index (χ4n) is 3.60. The van der Waals surface area contributed by atoms with Crippen LogP contribution in [0.25, 0.3) is 11.5 Å². The molecule has 1 fully saturated rings. The van der Waals surface area contributed by atoms with Gasteiger partial charge in [-0.05, 0) is 30.3 Å². The van der Waals surface area contributed by atoms with E-state index in [1.54, 1.807) is 14.2 Å². The van der Waals surface area contributed by atoms with Crippen molar-refractivity contribution in [3.05, 3.63) is 58.9 Å². The maximum absolute atomic E-state index is 6.22. The number of hydrogen-bond acceptors (Lipinski definition) is 7. The lowest BCUT2D eigenvalue weighted by Crippen LogP contribution is -2.45. The number of benzene rings is 2. The molecular weight excluding hydrogens is 404 g/mol. The Morgan fingerprint density at radius 3 is 2.37 bits per heavy atom. The summed E-state index contributed by atoms with van der Waals surface area (Å²) >= 11 is 6.22. The van der Waals surface area contributed by atoms with E-state index in [2.05, 4.69) is 20.0 Å². The Morgan fingerprint density at radius 1 is 0.933 bits per heavy atom. The summed E-state index contributed by atoms with van der Waals surface area (Å²) in [6.07, 6.45) is 0. The molecule has 4 rings (SSSR count). The minimum Gasteiger partial charge on any atom is -0.497 e. The molecule has 0 radical (unpaired) electrons. The Hall–Kier alpha value is -2.61. The van der Waals surface area contributed by atoms with Gasteiger partial charge >= 0.3 is 0 Å². The van der Waals surface area contributed by atoms with E-state index in [-0.39, 0.29) is 0 Å². The lowest BCUT2D eigenvalue weighted by Gasteiger charge is -2.34. The van der Waals surface area contributed by atoms with Crippen molar-refractivity contribution >= 4 is 11.6 Å². The highest BCUT2D eigenvalue weighted by Crippen LogP contribution is 2.27. The Balaban J connectivity index is 1.33. The molecule has 7 nitrogen and oxygen atoms in total. The lowest BCUT2D eigenvalue weighted by molar-refractivity contribution is 0.114. The van der Waals surface area contributed by atoms with Gasteiger partial charge < -0.3 is 13.9 Å². The lowest BCUT2D eigenvalue weighted by atomic mass is 10.1. The molecule has 8 heteroatoms. The molecular formula is C22H25ClN4O3. The Labute approximate surface area is 181 Å². The third-order valence-corrected chi connectivity index (χ3v) is 5.61. The van der Waals surface area contributed by atoms with Gasteiger partial charge in [0.05, 0.1) is 31.4 Å². The fourth-order valence-corrected chi connectivity index (χ4v) is 3.82. The van der Waals surface area contributed by atoms with E-state index in [0.717, 1.165) is 55.3 Å². The van der Waals surface area contributed by atoms with E-state index in [4.69, 9.17) is 25.5 Å². The summed E-state index contributed by atoms with van der Waals surface area (Å²) in [6.45, 7) is 5.21. The first-order valence-corrected chi connectivity index (χ1v) is 10.3. The van der Waals surface area contributed by atoms with Crippen LogP contribution in [0.2, 0.25) is 5.02 Å². The SMILES string of the molecule is COc1ccc(OC)c(CN2CCN(Cc3nnc(-c4ccccc4Cl)o3)CC2)c1. The van der Waals surface area contributed by atoms with Crippen molar-refractivity contribution in [2.24, 2.45) is 0 Å². The normalized spacial score (nSPS) is 15.3. The molecule has 2 aromatic carbocycles. The van der Waals surface area contributed by atoms with Gasteiger partial charge in [0.1, 0.15) is 11.5 Å². The van der Waals surface area contributed by atoms with E-state index < -0.39 is 0 Å². The number of hydrogen-bond donors (Lipinski definition) is 0. The number of halogens is 1. The summed E-state index contributed by atoms with van der Waals surface area (Å²) in [7, 11) is 3.38. The predicted octanol–water partition coefficient (Wildman–Crippen LogP) is 3.73. The zero-order valence-electron chi connectivity index (χ0n) is 17.2. The molecule has 0 aliphatic carbocycles. The maximum atomic E-state index is 6.22. The van der Waals surface area contributed by atoms with Crippen LogP contribution < -0.4 is 9.47 Å². The van der Waals surface area contributed by atoms with E-state index >= 15 is 0 Å². The van der Waals surface area contributed by atoms with Crippen LogP contribution in [0.4, 0.5) is 0 Å². The van der Waals surface area contributed by atoms with Gasteiger partial charge in [0.2, 0.25) is 11.8 Å². The molecule has 3 aromatic rings. The van der Waals surface area contributed by atoms with Crippen LogP contribution in [0, 0.1) is 0 Å². The molecule has 0 amide bonds. The first kappa shape index (κ1) is 20.7. The quantitative estimate of drug-likeness (QED) is 0.568. The summed E-state index contributed by atoms with van der Waals surface area (Å²) in [5.41, 5.74) is 1.89. The third-order valence-electron chi connectivity index (χ3n) is 5.28. The highest BCUT2D eigenvalue weighted by molar-refractivity contribution is 6.33. The van der Waals surface area contributed by atoms with Crippen molar-refractivity contribution in [2.75, 3.05) is 40.4 Å². The van der Waals surface area contributed by atoms with Crippen LogP contribution in [0.1, 0.15) is 11.5 Å². The molecule has 0 unspecified atom stereocenters. The van der Waals surface area contributed by atoms with Gasteiger partial charge in [-0.25, -0.2) is 0 Å². The molecule has 1 aromatic heterocycles. The number of piperazine rings is 1. The van der Waals surface area contributed by atoms with Gasteiger partial charge in [-0.3, -0.25) is 9.80 Å². The highest BCUT2D eigenvalue weighted by Gasteiger charge is 2.21. The second kappa shape index (κ2) is 9.47. The number of rotatable bonds is 7. The van der Waals surface area contributed by atoms with E-state index in [0.29, 0.717) is 23.3 Å². The van der Waals surface area contributed by atoms with E-state index in [1.807, 2.05) is 42.5 Å². The number of nitrogens with zero attached hydrogens (tertiary/aromatic N) is 4. The van der Waals surface area contributed by atoms with Crippen molar-refractivity contribution in [3.8, 4) is 23.0 Å². The molecule has 0 bridgehead atoms. The number of methoxy groups -OCH3 is 2. The molecule has 30 heavy (non-hydrogen) atoms. The average molecular weight is 429 g/mol. The van der Waals surface area contributed by atoms with Gasteiger partial charge in [0, 0.05) is 38.3 Å². The molecule has 0 spiro atoms. The summed E-state index contributed by atoms with van der Waals surface area (Å²) in [4.78, 5) is 4.74. The molecule has 0 N–H and O–H groups in total. The largest absolute Gasteiger partial charge is 0.497 e. The maximum Gasteiger partial charge on any atom is 0.249 e. The minimum absolute atomic E-state index is 0.458. The standard InChI is InChI=1S/C22H25ClN4O3/c1-28-17-7-8-20(29-2)16(13-17)14-26-9-11-27(12-10-26)15-21-24-25-22(30-21)18-5-3-4-6-19(18)23/h3-8,13H,9-12,14-15H2,1-2H3. The van der Waals surface area contributed by atoms with Gasteiger partial charge in [-0.15, -0.1) is 10.2 Å². The van der Waals surface area contributed by atoms with Crippen molar-refractivity contribution in [2.45, 2.75) is 13.1 Å². The van der Waals surface area contributed by atoms with Gasteiger partial charge in [0.25, 0.3) is 0 Å². The van der Waals surface area contributed by atoms with Gasteiger partial charge in [-0.1, -0.05) is 23.7 Å². The van der Waals surface area contributed by atoms with Crippen molar-refractivity contribution in [3.63, 3.8) is 0 Å². The Morgan fingerprint density at radius 2 is 1.67 bits per heavy atom. The summed E-state index contributed by atoms with van der Waals surface area (Å²) < 4.78 is 16.7. The number of aromatic nitrogens is 2. The zero-order chi connectivity index (χ0) is 20.9. The van der Waals surface area contributed by atoms with Crippen LogP contribution in [0.15, 0.2) is 46.9 Å². The average Bonchev–Trinajstić information content (AvgIpc) is 3.23. The van der Waals surface area contributed by atoms with Crippen LogP contribution in [0.3, 0.4) is 0 Å². The molecule has 0 saturated carbocycles. The number of ether oxygens (including phenoxy) is 2. The second-order valence-corrected chi connectivity index (χ2v) is 7.62. The minimum atomic E-state index is 0.458. The summed E-state index contributed by atoms with van der Waals surface area (Å²) in [6, 6.07) is 13.4. The summed E-state index contributed by atoms with van der Waals surface area (Å²) in [5.74, 6) is 2.79. The van der Waals surface area contributed by atoms with Crippen LogP contribution in [0.5, 0.6) is 11.5 Å². The van der Waals surface area contributed by atoms with Crippen LogP contribution in [-0.2, 0) is 13.1 Å². The molecule has 1 saturated heterocycles. The highest BCUT2D eigenvalue weighted by atomic mass is 35.5. The van der Waals surface area contributed by atoms with Crippen LogP contribution in [-0.4, -0.2) is 60.4 Å². The third kappa shape index (κ3) is 4.75. The van der Waals surface area contributed by atoms with Crippen molar-refractivity contribution in [1.29, 1.82) is 0 Å². The zero-order valence-corrected chi connectivity index (χ0v) is 17.9. The molecule has 1 aliphatic heterocycles. The topological polar surface area (TPSA) is 63.9 Å². The molecule has 1 aliphatic rings. The first-order valence-electron chi connectivity index (χ1n) is 9.89. The first-order chi connectivity index (χ1) is 14.7. The van der Waals surface area contributed by atoms with Crippen molar-refractivity contribution in [1.82, 2.24) is 20.0 Å². The van der Waals surface area contributed by atoms with Crippen molar-refractivity contribution < 1.29 is 13.9 Å². The smallest absolute Gasteiger partial charge is 0.249 e. The molecule has 0 atom stereocenters. The second-order valence-electron chi connectivity index (χ2n) is 7.21. The monoisotopic (exact) mass is 428 g/mol.